The molecule has 0 radical (unpaired) electrons. The van der Waals surface area contributed by atoms with Crippen LogP contribution in [-0.4, -0.2) is 20.9 Å². The van der Waals surface area contributed by atoms with Gasteiger partial charge < -0.3 is 10.6 Å². The van der Waals surface area contributed by atoms with E-state index in [4.69, 9.17) is 11.6 Å². The van der Waals surface area contributed by atoms with Crippen molar-refractivity contribution >= 4 is 29.0 Å². The van der Waals surface area contributed by atoms with E-state index in [2.05, 4.69) is 25.6 Å². The van der Waals surface area contributed by atoms with Gasteiger partial charge in [-0.2, -0.15) is 0 Å². The molecule has 0 atom stereocenters. The Hall–Kier alpha value is -2.99. The smallest absolute Gasteiger partial charge is 0.275 e. The monoisotopic (exact) mass is 339 g/mol. The third-order valence-corrected chi connectivity index (χ3v) is 3.43. The number of hydrogen-bond acceptors (Lipinski definition) is 5. The Kier molecular flexibility index (Phi) is 4.98. The van der Waals surface area contributed by atoms with Gasteiger partial charge in [0.05, 0.1) is 12.4 Å². The number of carbonyl (C=O) groups is 1. The SMILES string of the molecule is O=C(Nc1ccc(Cl)cc1)c1cnc(NCc2cccnc2)cn1. The van der Waals surface area contributed by atoms with E-state index in [0.29, 0.717) is 23.1 Å². The summed E-state index contributed by atoms with van der Waals surface area (Å²) in [6, 6.07) is 10.7. The number of nitrogens with zero attached hydrogens (tertiary/aromatic N) is 3. The highest BCUT2D eigenvalue weighted by molar-refractivity contribution is 6.30. The van der Waals surface area contributed by atoms with E-state index in [-0.39, 0.29) is 11.6 Å². The van der Waals surface area contributed by atoms with Crippen LogP contribution < -0.4 is 10.6 Å². The maximum absolute atomic E-state index is 12.1. The number of amides is 1. The summed E-state index contributed by atoms with van der Waals surface area (Å²) >= 11 is 5.81. The molecule has 0 saturated carbocycles. The number of nitrogens with one attached hydrogen (secondary N) is 2. The van der Waals surface area contributed by atoms with Crippen LogP contribution in [0.5, 0.6) is 0 Å². The highest BCUT2D eigenvalue weighted by atomic mass is 35.5. The van der Waals surface area contributed by atoms with Crippen molar-refractivity contribution in [2.24, 2.45) is 0 Å². The molecule has 0 fully saturated rings. The van der Waals surface area contributed by atoms with Gasteiger partial charge in [0.1, 0.15) is 11.5 Å². The first-order valence-corrected chi connectivity index (χ1v) is 7.60. The average molecular weight is 340 g/mol. The fourth-order valence-electron chi connectivity index (χ4n) is 1.96. The first-order chi connectivity index (χ1) is 11.7. The number of benzene rings is 1. The molecule has 0 aliphatic carbocycles. The highest BCUT2D eigenvalue weighted by Gasteiger charge is 2.08. The zero-order chi connectivity index (χ0) is 16.8. The molecular formula is C17H14ClN5O. The lowest BCUT2D eigenvalue weighted by molar-refractivity contribution is 0.102. The summed E-state index contributed by atoms with van der Waals surface area (Å²) in [4.78, 5) is 24.5. The Morgan fingerprint density at radius 2 is 1.88 bits per heavy atom. The number of carbonyl (C=O) groups excluding carboxylic acids is 1. The molecule has 24 heavy (non-hydrogen) atoms. The molecule has 1 aromatic carbocycles. The van der Waals surface area contributed by atoms with E-state index >= 15 is 0 Å². The van der Waals surface area contributed by atoms with Crippen molar-refractivity contribution in [2.45, 2.75) is 6.54 Å². The second-order valence-electron chi connectivity index (χ2n) is 4.96. The van der Waals surface area contributed by atoms with Gasteiger partial charge in [0.15, 0.2) is 0 Å². The summed E-state index contributed by atoms with van der Waals surface area (Å²) < 4.78 is 0. The lowest BCUT2D eigenvalue weighted by atomic mass is 10.3. The maximum atomic E-state index is 12.1. The predicted molar refractivity (Wildman–Crippen MR) is 93.0 cm³/mol. The Morgan fingerprint density at radius 3 is 2.54 bits per heavy atom. The molecule has 0 aliphatic heterocycles. The van der Waals surface area contributed by atoms with E-state index in [1.54, 1.807) is 36.7 Å². The van der Waals surface area contributed by atoms with Crippen LogP contribution in [0.1, 0.15) is 16.1 Å². The first-order valence-electron chi connectivity index (χ1n) is 7.22. The van der Waals surface area contributed by atoms with E-state index in [1.807, 2.05) is 12.1 Å². The van der Waals surface area contributed by atoms with Gasteiger partial charge in [0.25, 0.3) is 5.91 Å². The van der Waals surface area contributed by atoms with E-state index < -0.39 is 0 Å². The molecule has 0 spiro atoms. The molecule has 7 heteroatoms. The van der Waals surface area contributed by atoms with Crippen molar-refractivity contribution in [3.8, 4) is 0 Å². The van der Waals surface area contributed by atoms with Gasteiger partial charge in [-0.15, -0.1) is 0 Å². The lowest BCUT2D eigenvalue weighted by Crippen LogP contribution is -2.14. The second-order valence-corrected chi connectivity index (χ2v) is 5.40. The molecule has 2 aromatic heterocycles. The Labute approximate surface area is 143 Å². The fourth-order valence-corrected chi connectivity index (χ4v) is 2.09. The second kappa shape index (κ2) is 7.52. The molecule has 2 heterocycles. The van der Waals surface area contributed by atoms with Gasteiger partial charge in [0.2, 0.25) is 0 Å². The summed E-state index contributed by atoms with van der Waals surface area (Å²) in [7, 11) is 0. The quantitative estimate of drug-likeness (QED) is 0.744. The average Bonchev–Trinajstić information content (AvgIpc) is 2.63. The maximum Gasteiger partial charge on any atom is 0.275 e. The van der Waals surface area contributed by atoms with Crippen LogP contribution in [0.4, 0.5) is 11.5 Å². The number of halogens is 1. The zero-order valence-electron chi connectivity index (χ0n) is 12.6. The van der Waals surface area contributed by atoms with Crippen molar-refractivity contribution in [1.29, 1.82) is 0 Å². The Bertz CT molecular complexity index is 807. The normalized spacial score (nSPS) is 10.2. The third-order valence-electron chi connectivity index (χ3n) is 3.18. The molecule has 120 valence electrons. The van der Waals surface area contributed by atoms with Crippen LogP contribution >= 0.6 is 11.6 Å². The highest BCUT2D eigenvalue weighted by Crippen LogP contribution is 2.14. The predicted octanol–water partition coefficient (Wildman–Crippen LogP) is 3.39. The summed E-state index contributed by atoms with van der Waals surface area (Å²) in [6.45, 7) is 0.582. The number of rotatable bonds is 5. The van der Waals surface area contributed by atoms with Crippen molar-refractivity contribution in [1.82, 2.24) is 15.0 Å². The van der Waals surface area contributed by atoms with Gasteiger partial charge in [-0.1, -0.05) is 17.7 Å². The number of hydrogen-bond donors (Lipinski definition) is 2. The van der Waals surface area contributed by atoms with Gasteiger partial charge in [0, 0.05) is 29.6 Å². The third kappa shape index (κ3) is 4.27. The van der Waals surface area contributed by atoms with Crippen LogP contribution in [-0.2, 0) is 6.54 Å². The summed E-state index contributed by atoms with van der Waals surface area (Å²) in [6.07, 6.45) is 6.44. The van der Waals surface area contributed by atoms with E-state index in [9.17, 15) is 4.79 Å². The molecule has 0 unspecified atom stereocenters. The van der Waals surface area contributed by atoms with Crippen LogP contribution in [0.3, 0.4) is 0 Å². The minimum Gasteiger partial charge on any atom is -0.365 e. The minimum atomic E-state index is -0.330. The van der Waals surface area contributed by atoms with Crippen LogP contribution in [0.25, 0.3) is 0 Å². The van der Waals surface area contributed by atoms with E-state index in [0.717, 1.165) is 5.56 Å². The summed E-state index contributed by atoms with van der Waals surface area (Å²) in [5.41, 5.74) is 1.91. The molecule has 0 bridgehead atoms. The molecular weight excluding hydrogens is 326 g/mol. The van der Waals surface area contributed by atoms with Crippen molar-refractivity contribution < 1.29 is 4.79 Å². The molecule has 0 aliphatic rings. The summed E-state index contributed by atoms with van der Waals surface area (Å²) in [5.74, 6) is 0.255. The van der Waals surface area contributed by atoms with Gasteiger partial charge in [-0.3, -0.25) is 9.78 Å². The van der Waals surface area contributed by atoms with E-state index in [1.165, 1.54) is 12.4 Å². The van der Waals surface area contributed by atoms with Crippen LogP contribution in [0, 0.1) is 0 Å². The fraction of sp³-hybridized carbons (Fsp3) is 0.0588. The van der Waals surface area contributed by atoms with Gasteiger partial charge in [-0.25, -0.2) is 9.97 Å². The Balaban J connectivity index is 1.59. The minimum absolute atomic E-state index is 0.233. The zero-order valence-corrected chi connectivity index (χ0v) is 13.4. The largest absolute Gasteiger partial charge is 0.365 e. The van der Waals surface area contributed by atoms with Crippen molar-refractivity contribution in [3.63, 3.8) is 0 Å². The molecule has 0 saturated heterocycles. The number of aromatic nitrogens is 3. The molecule has 3 rings (SSSR count). The van der Waals surface area contributed by atoms with Crippen LogP contribution in [0.2, 0.25) is 5.02 Å². The van der Waals surface area contributed by atoms with Gasteiger partial charge >= 0.3 is 0 Å². The molecule has 3 aromatic rings. The number of anilines is 2. The van der Waals surface area contributed by atoms with Gasteiger partial charge in [-0.05, 0) is 35.9 Å². The molecule has 1 amide bonds. The standard InChI is InChI=1S/C17H14ClN5O/c18-13-3-5-14(6-4-13)23-17(24)15-10-22-16(11-20-15)21-9-12-2-1-7-19-8-12/h1-8,10-11H,9H2,(H,21,22)(H,23,24). The molecule has 2 N–H and O–H groups in total. The summed E-state index contributed by atoms with van der Waals surface area (Å²) in [5, 5.41) is 6.47. The first kappa shape index (κ1) is 15.9. The topological polar surface area (TPSA) is 79.8 Å². The van der Waals surface area contributed by atoms with Crippen molar-refractivity contribution in [2.75, 3.05) is 10.6 Å². The lowest BCUT2D eigenvalue weighted by Gasteiger charge is -2.07. The van der Waals surface area contributed by atoms with Crippen LogP contribution in [0.15, 0.2) is 61.2 Å². The Morgan fingerprint density at radius 1 is 1.04 bits per heavy atom. The number of pyridine rings is 1. The molecule has 6 nitrogen and oxygen atoms in total. The van der Waals surface area contributed by atoms with Crippen molar-refractivity contribution in [3.05, 3.63) is 77.5 Å².